The molecular weight excluding hydrogens is 414 g/mol. The quantitative estimate of drug-likeness (QED) is 0.590. The first-order valence-electron chi connectivity index (χ1n) is 11.9. The molecule has 1 aliphatic heterocycles. The molecule has 1 unspecified atom stereocenters. The van der Waals surface area contributed by atoms with Crippen molar-refractivity contribution in [1.29, 1.82) is 0 Å². The SMILES string of the molecule is CCn1nc(C)c(CN2CCOC(c3cc(C(=O)NCC(C)C)c4ccccc4n3)C2)c1C. The van der Waals surface area contributed by atoms with E-state index in [1.165, 1.54) is 11.3 Å². The Bertz CT molecular complexity index is 1140. The lowest BCUT2D eigenvalue weighted by molar-refractivity contribution is -0.0349. The Morgan fingerprint density at radius 2 is 2.06 bits per heavy atom. The lowest BCUT2D eigenvalue weighted by Crippen LogP contribution is -2.38. The van der Waals surface area contributed by atoms with Crippen molar-refractivity contribution in [3.05, 3.63) is 58.5 Å². The van der Waals surface area contributed by atoms with Crippen molar-refractivity contribution in [2.24, 2.45) is 5.92 Å². The van der Waals surface area contributed by atoms with Crippen LogP contribution >= 0.6 is 0 Å². The molecule has 1 N–H and O–H groups in total. The minimum absolute atomic E-state index is 0.0607. The maximum absolute atomic E-state index is 13.0. The van der Waals surface area contributed by atoms with Gasteiger partial charge in [-0.1, -0.05) is 32.0 Å². The van der Waals surface area contributed by atoms with Crippen molar-refractivity contribution in [3.8, 4) is 0 Å². The van der Waals surface area contributed by atoms with Crippen molar-refractivity contribution in [1.82, 2.24) is 25.0 Å². The van der Waals surface area contributed by atoms with Crippen LogP contribution in [0.15, 0.2) is 30.3 Å². The molecule has 33 heavy (non-hydrogen) atoms. The van der Waals surface area contributed by atoms with Crippen molar-refractivity contribution in [3.63, 3.8) is 0 Å². The van der Waals surface area contributed by atoms with Crippen LogP contribution < -0.4 is 5.32 Å². The molecule has 176 valence electrons. The zero-order chi connectivity index (χ0) is 23.5. The molecule has 1 fully saturated rings. The lowest BCUT2D eigenvalue weighted by Gasteiger charge is -2.33. The Labute approximate surface area is 196 Å². The number of fused-ring (bicyclic) bond motifs is 1. The average Bonchev–Trinajstić information content (AvgIpc) is 3.09. The lowest BCUT2D eigenvalue weighted by atomic mass is 10.0. The fourth-order valence-electron chi connectivity index (χ4n) is 4.46. The minimum atomic E-state index is -0.179. The number of carbonyl (C=O) groups excluding carboxylic acids is 1. The van der Waals surface area contributed by atoms with Gasteiger partial charge in [0.15, 0.2) is 0 Å². The van der Waals surface area contributed by atoms with Gasteiger partial charge < -0.3 is 10.1 Å². The number of aryl methyl sites for hydroxylation is 2. The number of nitrogens with one attached hydrogen (secondary N) is 1. The topological polar surface area (TPSA) is 72.3 Å². The van der Waals surface area contributed by atoms with E-state index >= 15 is 0 Å². The van der Waals surface area contributed by atoms with E-state index in [0.29, 0.717) is 24.6 Å². The number of pyridine rings is 1. The highest BCUT2D eigenvalue weighted by atomic mass is 16.5. The zero-order valence-electron chi connectivity index (χ0n) is 20.4. The van der Waals surface area contributed by atoms with Gasteiger partial charge in [0.05, 0.1) is 29.1 Å². The van der Waals surface area contributed by atoms with E-state index in [0.717, 1.165) is 48.5 Å². The summed E-state index contributed by atoms with van der Waals surface area (Å²) >= 11 is 0. The van der Waals surface area contributed by atoms with Gasteiger partial charge >= 0.3 is 0 Å². The van der Waals surface area contributed by atoms with E-state index in [9.17, 15) is 4.79 Å². The third-order valence-corrected chi connectivity index (χ3v) is 6.34. The standard InChI is InChI=1S/C26H35N5O2/c1-6-31-19(5)22(18(4)29-31)15-30-11-12-33-25(16-30)24-13-21(26(32)27-14-17(2)3)20-9-7-8-10-23(20)28-24/h7-10,13,17,25H,6,11-12,14-16H2,1-5H3,(H,27,32). The largest absolute Gasteiger partial charge is 0.369 e. The van der Waals surface area contributed by atoms with Gasteiger partial charge in [0, 0.05) is 49.4 Å². The number of para-hydroxylation sites is 1. The number of nitrogens with zero attached hydrogens (tertiary/aromatic N) is 4. The van der Waals surface area contributed by atoms with Gasteiger partial charge in [0.1, 0.15) is 6.10 Å². The summed E-state index contributed by atoms with van der Waals surface area (Å²) in [7, 11) is 0. The predicted molar refractivity (Wildman–Crippen MR) is 130 cm³/mol. The Balaban J connectivity index is 1.59. The fourth-order valence-corrected chi connectivity index (χ4v) is 4.46. The number of benzene rings is 1. The Morgan fingerprint density at radius 3 is 2.79 bits per heavy atom. The molecule has 3 aromatic rings. The average molecular weight is 450 g/mol. The normalized spacial score (nSPS) is 17.1. The second-order valence-electron chi connectivity index (χ2n) is 9.28. The summed E-state index contributed by atoms with van der Waals surface area (Å²) in [6.07, 6.45) is -0.179. The Kier molecular flexibility index (Phi) is 7.10. The smallest absolute Gasteiger partial charge is 0.252 e. The van der Waals surface area contributed by atoms with E-state index in [2.05, 4.69) is 54.6 Å². The molecule has 1 amide bonds. The molecule has 1 saturated heterocycles. The Morgan fingerprint density at radius 1 is 1.27 bits per heavy atom. The zero-order valence-corrected chi connectivity index (χ0v) is 20.4. The third kappa shape index (κ3) is 5.09. The molecule has 0 spiro atoms. The second kappa shape index (κ2) is 10.0. The predicted octanol–water partition coefficient (Wildman–Crippen LogP) is 4.03. The van der Waals surface area contributed by atoms with Gasteiger partial charge in [-0.3, -0.25) is 14.4 Å². The highest BCUT2D eigenvalue weighted by Crippen LogP contribution is 2.27. The molecule has 2 aromatic heterocycles. The van der Waals surface area contributed by atoms with Crippen molar-refractivity contribution in [2.75, 3.05) is 26.2 Å². The number of ether oxygens (including phenoxy) is 1. The number of hydrogen-bond acceptors (Lipinski definition) is 5. The first kappa shape index (κ1) is 23.4. The number of amides is 1. The molecule has 0 bridgehead atoms. The second-order valence-corrected chi connectivity index (χ2v) is 9.28. The van der Waals surface area contributed by atoms with Crippen LogP contribution in [0, 0.1) is 19.8 Å². The van der Waals surface area contributed by atoms with Gasteiger partial charge in [0.2, 0.25) is 0 Å². The van der Waals surface area contributed by atoms with E-state index in [-0.39, 0.29) is 12.0 Å². The molecule has 3 heterocycles. The molecular formula is C26H35N5O2. The number of hydrogen-bond donors (Lipinski definition) is 1. The number of aromatic nitrogens is 3. The van der Waals surface area contributed by atoms with Gasteiger partial charge in [-0.05, 0) is 38.8 Å². The summed E-state index contributed by atoms with van der Waals surface area (Å²) in [5, 5.41) is 8.59. The summed E-state index contributed by atoms with van der Waals surface area (Å²) < 4.78 is 8.21. The number of carbonyl (C=O) groups is 1. The molecule has 0 aliphatic carbocycles. The molecule has 1 atom stereocenters. The van der Waals surface area contributed by atoms with Crippen LogP contribution in [-0.4, -0.2) is 51.8 Å². The highest BCUT2D eigenvalue weighted by Gasteiger charge is 2.26. The van der Waals surface area contributed by atoms with Crippen LogP contribution in [0.5, 0.6) is 0 Å². The molecule has 7 nitrogen and oxygen atoms in total. The van der Waals surface area contributed by atoms with Gasteiger partial charge in [-0.25, -0.2) is 4.98 Å². The third-order valence-electron chi connectivity index (χ3n) is 6.34. The first-order valence-corrected chi connectivity index (χ1v) is 11.9. The van der Waals surface area contributed by atoms with Crippen LogP contribution in [0.4, 0.5) is 0 Å². The molecule has 1 aromatic carbocycles. The summed E-state index contributed by atoms with van der Waals surface area (Å²) in [6, 6.07) is 9.74. The fraction of sp³-hybridized carbons (Fsp3) is 0.500. The molecule has 0 radical (unpaired) electrons. The highest BCUT2D eigenvalue weighted by molar-refractivity contribution is 6.06. The van der Waals surface area contributed by atoms with Crippen molar-refractivity contribution < 1.29 is 9.53 Å². The molecule has 1 aliphatic rings. The van der Waals surface area contributed by atoms with Crippen LogP contribution in [0.25, 0.3) is 10.9 Å². The van der Waals surface area contributed by atoms with Crippen LogP contribution in [0.3, 0.4) is 0 Å². The van der Waals surface area contributed by atoms with Crippen LogP contribution in [-0.2, 0) is 17.8 Å². The molecule has 7 heteroatoms. The van der Waals surface area contributed by atoms with Crippen molar-refractivity contribution in [2.45, 2.75) is 53.8 Å². The summed E-state index contributed by atoms with van der Waals surface area (Å²) in [4.78, 5) is 20.3. The monoisotopic (exact) mass is 449 g/mol. The van der Waals surface area contributed by atoms with Gasteiger partial charge in [-0.2, -0.15) is 5.10 Å². The van der Waals surface area contributed by atoms with Gasteiger partial charge in [0.25, 0.3) is 5.91 Å². The van der Waals surface area contributed by atoms with Gasteiger partial charge in [-0.15, -0.1) is 0 Å². The minimum Gasteiger partial charge on any atom is -0.369 e. The maximum atomic E-state index is 13.0. The first-order chi connectivity index (χ1) is 15.9. The van der Waals surface area contributed by atoms with Crippen LogP contribution in [0.2, 0.25) is 0 Å². The maximum Gasteiger partial charge on any atom is 0.252 e. The number of rotatable bonds is 7. The number of morpholine rings is 1. The summed E-state index contributed by atoms with van der Waals surface area (Å²) in [5.41, 5.74) is 5.90. The van der Waals surface area contributed by atoms with Crippen molar-refractivity contribution >= 4 is 16.8 Å². The molecule has 4 rings (SSSR count). The van der Waals surface area contributed by atoms with E-state index in [4.69, 9.17) is 9.72 Å². The molecule has 0 saturated carbocycles. The summed E-state index contributed by atoms with van der Waals surface area (Å²) in [5.74, 6) is 0.329. The van der Waals surface area contributed by atoms with Crippen LogP contribution in [0.1, 0.15) is 59.9 Å². The van der Waals surface area contributed by atoms with E-state index in [1.54, 1.807) is 0 Å². The Hall–Kier alpha value is -2.77. The summed E-state index contributed by atoms with van der Waals surface area (Å²) in [6.45, 7) is 15.1. The van der Waals surface area contributed by atoms with E-state index in [1.807, 2.05) is 30.3 Å². The van der Waals surface area contributed by atoms with E-state index < -0.39 is 0 Å².